The highest BCUT2D eigenvalue weighted by Crippen LogP contribution is 2.19. The van der Waals surface area contributed by atoms with E-state index in [-0.39, 0.29) is 5.82 Å². The van der Waals surface area contributed by atoms with Crippen molar-refractivity contribution >= 4 is 21.6 Å². The molecule has 14 heavy (non-hydrogen) atoms. The van der Waals surface area contributed by atoms with E-state index in [0.29, 0.717) is 12.2 Å². The average molecular weight is 261 g/mol. The van der Waals surface area contributed by atoms with Crippen LogP contribution < -0.4 is 11.1 Å². The second-order valence-electron chi connectivity index (χ2n) is 3.05. The summed E-state index contributed by atoms with van der Waals surface area (Å²) >= 11 is 3.29. The van der Waals surface area contributed by atoms with Crippen LogP contribution in [0.5, 0.6) is 0 Å². The fourth-order valence-corrected chi connectivity index (χ4v) is 1.49. The fourth-order valence-electron chi connectivity index (χ4n) is 1.13. The van der Waals surface area contributed by atoms with Crippen LogP contribution in [0.15, 0.2) is 22.7 Å². The van der Waals surface area contributed by atoms with Gasteiger partial charge < -0.3 is 11.1 Å². The minimum absolute atomic E-state index is 0.221. The van der Waals surface area contributed by atoms with E-state index in [4.69, 9.17) is 5.73 Å². The lowest BCUT2D eigenvalue weighted by Gasteiger charge is -2.07. The van der Waals surface area contributed by atoms with Crippen molar-refractivity contribution < 1.29 is 4.39 Å². The minimum atomic E-state index is -0.221. The van der Waals surface area contributed by atoms with Gasteiger partial charge in [-0.05, 0) is 37.6 Å². The third kappa shape index (κ3) is 3.64. The van der Waals surface area contributed by atoms with Gasteiger partial charge in [0.25, 0.3) is 0 Å². The van der Waals surface area contributed by atoms with Crippen LogP contribution in [-0.2, 0) is 0 Å². The third-order valence-electron chi connectivity index (χ3n) is 1.87. The zero-order chi connectivity index (χ0) is 10.4. The summed E-state index contributed by atoms with van der Waals surface area (Å²) in [5.74, 6) is -0.221. The largest absolute Gasteiger partial charge is 0.383 e. The van der Waals surface area contributed by atoms with E-state index in [1.54, 1.807) is 12.1 Å². The molecule has 78 valence electrons. The Hall–Kier alpha value is -0.610. The number of hydrogen-bond donors (Lipinski definition) is 2. The summed E-state index contributed by atoms with van der Waals surface area (Å²) < 4.78 is 14.0. The van der Waals surface area contributed by atoms with Gasteiger partial charge in [-0.3, -0.25) is 0 Å². The van der Waals surface area contributed by atoms with Crippen molar-refractivity contribution in [2.75, 3.05) is 18.4 Å². The van der Waals surface area contributed by atoms with Crippen LogP contribution in [0.1, 0.15) is 12.8 Å². The topological polar surface area (TPSA) is 38.0 Å². The lowest BCUT2D eigenvalue weighted by Crippen LogP contribution is -2.06. The van der Waals surface area contributed by atoms with Crippen LogP contribution in [0, 0.1) is 5.82 Å². The number of nitrogens with two attached hydrogens (primary N) is 1. The highest BCUT2D eigenvalue weighted by atomic mass is 79.9. The summed E-state index contributed by atoms with van der Waals surface area (Å²) in [4.78, 5) is 0. The molecule has 0 bridgehead atoms. The van der Waals surface area contributed by atoms with Crippen molar-refractivity contribution in [2.24, 2.45) is 5.73 Å². The number of hydrogen-bond acceptors (Lipinski definition) is 2. The SMILES string of the molecule is NCCCCNc1cc(Br)ccc1F. The second-order valence-corrected chi connectivity index (χ2v) is 3.96. The highest BCUT2D eigenvalue weighted by molar-refractivity contribution is 9.10. The van der Waals surface area contributed by atoms with E-state index in [0.717, 1.165) is 23.9 Å². The maximum absolute atomic E-state index is 13.2. The number of halogens is 2. The first-order valence-electron chi connectivity index (χ1n) is 4.63. The lowest BCUT2D eigenvalue weighted by atomic mass is 10.2. The molecule has 0 heterocycles. The number of anilines is 1. The second kappa shape index (κ2) is 5.98. The molecular weight excluding hydrogens is 247 g/mol. The van der Waals surface area contributed by atoms with Crippen LogP contribution in [0.2, 0.25) is 0 Å². The van der Waals surface area contributed by atoms with Gasteiger partial charge in [0.2, 0.25) is 0 Å². The molecular formula is C10H14BrFN2. The van der Waals surface area contributed by atoms with Gasteiger partial charge >= 0.3 is 0 Å². The minimum Gasteiger partial charge on any atom is -0.383 e. The molecule has 0 atom stereocenters. The van der Waals surface area contributed by atoms with Crippen molar-refractivity contribution in [3.8, 4) is 0 Å². The summed E-state index contributed by atoms with van der Waals surface area (Å²) in [6.45, 7) is 1.44. The van der Waals surface area contributed by atoms with Crippen molar-refractivity contribution in [1.82, 2.24) is 0 Å². The maximum Gasteiger partial charge on any atom is 0.146 e. The van der Waals surface area contributed by atoms with Gasteiger partial charge in [-0.2, -0.15) is 0 Å². The van der Waals surface area contributed by atoms with E-state index >= 15 is 0 Å². The van der Waals surface area contributed by atoms with E-state index in [9.17, 15) is 4.39 Å². The van der Waals surface area contributed by atoms with E-state index in [1.165, 1.54) is 6.07 Å². The van der Waals surface area contributed by atoms with Gasteiger partial charge in [0.1, 0.15) is 5.82 Å². The highest BCUT2D eigenvalue weighted by Gasteiger charge is 2.00. The third-order valence-corrected chi connectivity index (χ3v) is 2.37. The molecule has 0 saturated heterocycles. The van der Waals surface area contributed by atoms with Gasteiger partial charge in [0.05, 0.1) is 5.69 Å². The molecule has 1 aromatic rings. The molecule has 4 heteroatoms. The smallest absolute Gasteiger partial charge is 0.146 e. The Morgan fingerprint density at radius 2 is 2.14 bits per heavy atom. The van der Waals surface area contributed by atoms with Crippen LogP contribution in [0.3, 0.4) is 0 Å². The summed E-state index contributed by atoms with van der Waals surface area (Å²) in [5.41, 5.74) is 5.89. The van der Waals surface area contributed by atoms with Gasteiger partial charge in [-0.25, -0.2) is 4.39 Å². The van der Waals surface area contributed by atoms with Crippen molar-refractivity contribution in [3.63, 3.8) is 0 Å². The molecule has 0 aliphatic rings. The Labute approximate surface area is 91.8 Å². The van der Waals surface area contributed by atoms with Crippen LogP contribution in [0.4, 0.5) is 10.1 Å². The Morgan fingerprint density at radius 1 is 1.36 bits per heavy atom. The van der Waals surface area contributed by atoms with E-state index in [2.05, 4.69) is 21.2 Å². The number of unbranched alkanes of at least 4 members (excludes halogenated alkanes) is 1. The Balaban J connectivity index is 2.45. The monoisotopic (exact) mass is 260 g/mol. The molecule has 0 radical (unpaired) electrons. The molecule has 0 aliphatic carbocycles. The van der Waals surface area contributed by atoms with Crippen LogP contribution >= 0.6 is 15.9 Å². The lowest BCUT2D eigenvalue weighted by molar-refractivity contribution is 0.628. The molecule has 0 unspecified atom stereocenters. The zero-order valence-corrected chi connectivity index (χ0v) is 9.48. The Bertz CT molecular complexity index is 291. The predicted molar refractivity (Wildman–Crippen MR) is 60.9 cm³/mol. The van der Waals surface area contributed by atoms with Gasteiger partial charge in [0.15, 0.2) is 0 Å². The van der Waals surface area contributed by atoms with Crippen LogP contribution in [-0.4, -0.2) is 13.1 Å². The maximum atomic E-state index is 13.2. The normalized spacial score (nSPS) is 10.2. The molecule has 0 amide bonds. The number of nitrogens with one attached hydrogen (secondary N) is 1. The van der Waals surface area contributed by atoms with Crippen LogP contribution in [0.25, 0.3) is 0 Å². The average Bonchev–Trinajstić information content (AvgIpc) is 2.18. The van der Waals surface area contributed by atoms with Crippen molar-refractivity contribution in [2.45, 2.75) is 12.8 Å². The predicted octanol–water partition coefficient (Wildman–Crippen LogP) is 2.74. The molecule has 1 aromatic carbocycles. The Kier molecular flexibility index (Phi) is 4.90. The van der Waals surface area contributed by atoms with Gasteiger partial charge in [-0.1, -0.05) is 15.9 Å². The summed E-state index contributed by atoms with van der Waals surface area (Å²) in [5, 5.41) is 3.03. The van der Waals surface area contributed by atoms with E-state index < -0.39 is 0 Å². The van der Waals surface area contributed by atoms with Gasteiger partial charge in [0, 0.05) is 11.0 Å². The fraction of sp³-hybridized carbons (Fsp3) is 0.400. The first kappa shape index (κ1) is 11.5. The Morgan fingerprint density at radius 3 is 2.86 bits per heavy atom. The summed E-state index contributed by atoms with van der Waals surface area (Å²) in [7, 11) is 0. The molecule has 0 spiro atoms. The molecule has 0 aliphatic heterocycles. The quantitative estimate of drug-likeness (QED) is 0.800. The molecule has 0 saturated carbocycles. The summed E-state index contributed by atoms with van der Waals surface area (Å²) in [6, 6.07) is 4.85. The standard InChI is InChI=1S/C10H14BrFN2/c11-8-3-4-9(12)10(7-8)14-6-2-1-5-13/h3-4,7,14H,1-2,5-6,13H2. The van der Waals surface area contributed by atoms with Gasteiger partial charge in [-0.15, -0.1) is 0 Å². The summed E-state index contributed by atoms with van der Waals surface area (Å²) in [6.07, 6.45) is 1.92. The zero-order valence-electron chi connectivity index (χ0n) is 7.89. The molecule has 0 fully saturated rings. The van der Waals surface area contributed by atoms with E-state index in [1.807, 2.05) is 0 Å². The van der Waals surface area contributed by atoms with Crippen molar-refractivity contribution in [1.29, 1.82) is 0 Å². The number of benzene rings is 1. The first-order valence-corrected chi connectivity index (χ1v) is 5.42. The molecule has 0 aromatic heterocycles. The molecule has 2 nitrogen and oxygen atoms in total. The molecule has 3 N–H and O–H groups in total. The van der Waals surface area contributed by atoms with Crippen molar-refractivity contribution in [3.05, 3.63) is 28.5 Å². The number of rotatable bonds is 5. The molecule has 1 rings (SSSR count). The first-order chi connectivity index (χ1) is 6.74.